The number of alkyl halides is 1. The highest BCUT2D eigenvalue weighted by atomic mass is 35.5. The van der Waals surface area contributed by atoms with Crippen molar-refractivity contribution in [3.05, 3.63) is 35.2 Å². The molecule has 0 saturated carbocycles. The third kappa shape index (κ3) is 1.08. The Morgan fingerprint density at radius 3 is 3.00 bits per heavy atom. The molecule has 0 atom stereocenters. The maximum atomic E-state index is 5.90. The fourth-order valence-corrected chi connectivity index (χ4v) is 1.62. The second-order valence-corrected chi connectivity index (χ2v) is 3.08. The van der Waals surface area contributed by atoms with E-state index in [1.54, 1.807) is 6.20 Å². The summed E-state index contributed by atoms with van der Waals surface area (Å²) in [4.78, 5) is 4.10. The average Bonchev–Trinajstić information content (AvgIpc) is 2.48. The summed E-state index contributed by atoms with van der Waals surface area (Å²) in [7, 11) is 0. The molecule has 0 spiro atoms. The number of nitrogens with zero attached hydrogens (tertiary/aromatic N) is 2. The Morgan fingerprint density at radius 2 is 2.25 bits per heavy atom. The van der Waals surface area contributed by atoms with Crippen molar-refractivity contribution in [1.29, 1.82) is 0 Å². The van der Waals surface area contributed by atoms with Gasteiger partial charge < -0.3 is 0 Å². The molecular weight excluding hydrogens is 195 g/mol. The maximum absolute atomic E-state index is 5.90. The van der Waals surface area contributed by atoms with Crippen LogP contribution in [-0.4, -0.2) is 9.38 Å². The standard InChI is InChI=1S/C8H6Cl2N2/c9-4-6-2-1-3-8-11-5-7(10)12(6)8/h1-3,5H,4H2. The predicted molar refractivity (Wildman–Crippen MR) is 49.8 cm³/mol. The molecule has 0 aliphatic rings. The summed E-state index contributed by atoms with van der Waals surface area (Å²) in [5, 5.41) is 0.598. The first kappa shape index (κ1) is 7.90. The molecule has 0 aromatic carbocycles. The molecule has 62 valence electrons. The molecule has 0 aliphatic carbocycles. The molecule has 0 fully saturated rings. The molecule has 2 nitrogen and oxygen atoms in total. The monoisotopic (exact) mass is 200 g/mol. The van der Waals surface area contributed by atoms with Crippen LogP contribution in [0.15, 0.2) is 24.4 Å². The fraction of sp³-hybridized carbons (Fsp3) is 0.125. The Labute approximate surface area is 79.7 Å². The summed E-state index contributed by atoms with van der Waals surface area (Å²) in [5.41, 5.74) is 1.79. The van der Waals surface area contributed by atoms with Crippen LogP contribution in [0, 0.1) is 0 Å². The van der Waals surface area contributed by atoms with Gasteiger partial charge in [-0.1, -0.05) is 17.7 Å². The number of imidazole rings is 1. The Balaban J connectivity index is 2.84. The molecule has 2 rings (SSSR count). The molecule has 0 bridgehead atoms. The molecule has 0 amide bonds. The van der Waals surface area contributed by atoms with E-state index in [2.05, 4.69) is 4.98 Å². The van der Waals surface area contributed by atoms with Gasteiger partial charge in [-0.25, -0.2) is 4.98 Å². The number of pyridine rings is 1. The number of halogens is 2. The first-order valence-corrected chi connectivity index (χ1v) is 4.41. The normalized spacial score (nSPS) is 10.8. The second kappa shape index (κ2) is 2.96. The molecule has 0 N–H and O–H groups in total. The van der Waals surface area contributed by atoms with E-state index in [1.165, 1.54) is 0 Å². The molecule has 2 aromatic heterocycles. The maximum Gasteiger partial charge on any atom is 0.138 e. The Bertz CT molecular complexity index is 408. The smallest absolute Gasteiger partial charge is 0.138 e. The van der Waals surface area contributed by atoms with Crippen LogP contribution in [0.4, 0.5) is 0 Å². The minimum absolute atomic E-state index is 0.438. The quantitative estimate of drug-likeness (QED) is 0.648. The fourth-order valence-electron chi connectivity index (χ4n) is 1.17. The van der Waals surface area contributed by atoms with E-state index in [1.807, 2.05) is 22.6 Å². The van der Waals surface area contributed by atoms with Crippen molar-refractivity contribution >= 4 is 28.8 Å². The van der Waals surface area contributed by atoms with Gasteiger partial charge in [0.05, 0.1) is 12.1 Å². The van der Waals surface area contributed by atoms with Gasteiger partial charge in [-0.2, -0.15) is 0 Å². The van der Waals surface area contributed by atoms with E-state index in [0.29, 0.717) is 11.0 Å². The molecule has 0 unspecified atom stereocenters. The SMILES string of the molecule is ClCc1cccc2ncc(Cl)n12. The first-order chi connectivity index (χ1) is 5.83. The van der Waals surface area contributed by atoms with Crippen LogP contribution in [0.3, 0.4) is 0 Å². The van der Waals surface area contributed by atoms with Gasteiger partial charge in [0.1, 0.15) is 10.8 Å². The molecule has 2 heterocycles. The van der Waals surface area contributed by atoms with E-state index < -0.39 is 0 Å². The molecule has 0 saturated heterocycles. The lowest BCUT2D eigenvalue weighted by Gasteiger charge is -2.00. The average molecular weight is 201 g/mol. The number of rotatable bonds is 1. The highest BCUT2D eigenvalue weighted by Gasteiger charge is 2.03. The van der Waals surface area contributed by atoms with Gasteiger partial charge >= 0.3 is 0 Å². The lowest BCUT2D eigenvalue weighted by Crippen LogP contribution is -1.92. The third-order valence-corrected chi connectivity index (χ3v) is 2.24. The topological polar surface area (TPSA) is 17.3 Å². The zero-order valence-corrected chi connectivity index (χ0v) is 7.68. The summed E-state index contributed by atoms with van der Waals surface area (Å²) in [6.07, 6.45) is 1.62. The molecule has 2 aromatic rings. The van der Waals surface area contributed by atoms with Gasteiger partial charge in [0.15, 0.2) is 0 Å². The number of aromatic nitrogens is 2. The van der Waals surface area contributed by atoms with Crippen molar-refractivity contribution in [3.63, 3.8) is 0 Å². The Hall–Kier alpha value is -0.730. The zero-order chi connectivity index (χ0) is 8.55. The first-order valence-electron chi connectivity index (χ1n) is 3.50. The van der Waals surface area contributed by atoms with Crippen molar-refractivity contribution in [3.8, 4) is 0 Å². The van der Waals surface area contributed by atoms with Crippen molar-refractivity contribution < 1.29 is 0 Å². The van der Waals surface area contributed by atoms with Crippen molar-refractivity contribution in [2.45, 2.75) is 5.88 Å². The molecule has 0 aliphatic heterocycles. The highest BCUT2D eigenvalue weighted by Crippen LogP contribution is 2.15. The van der Waals surface area contributed by atoms with Crippen LogP contribution in [0.5, 0.6) is 0 Å². The van der Waals surface area contributed by atoms with Gasteiger partial charge in [0.2, 0.25) is 0 Å². The summed E-state index contributed by atoms with van der Waals surface area (Å²) in [6.45, 7) is 0. The largest absolute Gasteiger partial charge is 0.286 e. The molecule has 4 heteroatoms. The second-order valence-electron chi connectivity index (χ2n) is 2.43. The lowest BCUT2D eigenvalue weighted by atomic mass is 10.4. The van der Waals surface area contributed by atoms with E-state index in [0.717, 1.165) is 11.3 Å². The van der Waals surface area contributed by atoms with Crippen molar-refractivity contribution in [2.75, 3.05) is 0 Å². The molecule has 12 heavy (non-hydrogen) atoms. The van der Waals surface area contributed by atoms with Gasteiger partial charge in [-0.05, 0) is 12.1 Å². The van der Waals surface area contributed by atoms with Gasteiger partial charge in [-0.15, -0.1) is 11.6 Å². The van der Waals surface area contributed by atoms with Crippen molar-refractivity contribution in [1.82, 2.24) is 9.38 Å². The van der Waals surface area contributed by atoms with E-state index in [9.17, 15) is 0 Å². The van der Waals surface area contributed by atoms with Crippen LogP contribution >= 0.6 is 23.2 Å². The predicted octanol–water partition coefficient (Wildman–Crippen LogP) is 2.73. The molecular formula is C8H6Cl2N2. The number of fused-ring (bicyclic) bond motifs is 1. The summed E-state index contributed by atoms with van der Waals surface area (Å²) in [5.74, 6) is 0.438. The Kier molecular flexibility index (Phi) is 1.95. The minimum atomic E-state index is 0.438. The highest BCUT2D eigenvalue weighted by molar-refractivity contribution is 6.29. The summed E-state index contributed by atoms with van der Waals surface area (Å²) < 4.78 is 1.83. The third-order valence-electron chi connectivity index (χ3n) is 1.70. The summed E-state index contributed by atoms with van der Waals surface area (Å²) in [6, 6.07) is 5.73. The zero-order valence-electron chi connectivity index (χ0n) is 6.17. The molecule has 0 radical (unpaired) electrons. The van der Waals surface area contributed by atoms with Crippen LogP contribution < -0.4 is 0 Å². The van der Waals surface area contributed by atoms with Gasteiger partial charge in [-0.3, -0.25) is 4.40 Å². The number of hydrogen-bond acceptors (Lipinski definition) is 1. The van der Waals surface area contributed by atoms with Gasteiger partial charge in [0.25, 0.3) is 0 Å². The van der Waals surface area contributed by atoms with Crippen molar-refractivity contribution in [2.24, 2.45) is 0 Å². The van der Waals surface area contributed by atoms with Crippen LogP contribution in [-0.2, 0) is 5.88 Å². The lowest BCUT2D eigenvalue weighted by molar-refractivity contribution is 1.07. The number of hydrogen-bond donors (Lipinski definition) is 0. The van der Waals surface area contributed by atoms with Crippen LogP contribution in [0.25, 0.3) is 5.65 Å². The minimum Gasteiger partial charge on any atom is -0.286 e. The van der Waals surface area contributed by atoms with Gasteiger partial charge in [0, 0.05) is 5.69 Å². The van der Waals surface area contributed by atoms with E-state index in [-0.39, 0.29) is 0 Å². The Morgan fingerprint density at radius 1 is 1.42 bits per heavy atom. The van der Waals surface area contributed by atoms with Crippen LogP contribution in [0.2, 0.25) is 5.15 Å². The van der Waals surface area contributed by atoms with E-state index in [4.69, 9.17) is 23.2 Å². The summed E-state index contributed by atoms with van der Waals surface area (Å²) >= 11 is 11.6. The van der Waals surface area contributed by atoms with E-state index >= 15 is 0 Å². The van der Waals surface area contributed by atoms with Crippen LogP contribution in [0.1, 0.15) is 5.69 Å².